The molecule has 3 heterocycles. The van der Waals surface area contributed by atoms with Crippen LogP contribution < -0.4 is 0 Å². The minimum Gasteiger partial charge on any atom is -0.336 e. The Hall–Kier alpha value is -1.91. The van der Waals surface area contributed by atoms with Crippen LogP contribution in [0.2, 0.25) is 0 Å². The van der Waals surface area contributed by atoms with E-state index in [2.05, 4.69) is 17.1 Å². The summed E-state index contributed by atoms with van der Waals surface area (Å²) in [6.07, 6.45) is 5.16. The van der Waals surface area contributed by atoms with Crippen LogP contribution >= 0.6 is 0 Å². The summed E-state index contributed by atoms with van der Waals surface area (Å²) >= 11 is 0. The molecule has 0 spiro atoms. The molecule has 0 radical (unpaired) electrons. The second kappa shape index (κ2) is 6.07. The summed E-state index contributed by atoms with van der Waals surface area (Å²) in [5, 5.41) is 4.76. The third-order valence-corrected chi connectivity index (χ3v) is 4.62. The second-order valence-corrected chi connectivity index (χ2v) is 6.02. The van der Waals surface area contributed by atoms with Gasteiger partial charge in [-0.15, -0.1) is 0 Å². The molecular formula is C17H23N3O2. The van der Waals surface area contributed by atoms with E-state index in [1.807, 2.05) is 24.8 Å². The Kier molecular flexibility index (Phi) is 4.14. The lowest BCUT2D eigenvalue weighted by Crippen LogP contribution is -2.43. The van der Waals surface area contributed by atoms with Crippen molar-refractivity contribution in [3.63, 3.8) is 0 Å². The van der Waals surface area contributed by atoms with Crippen LogP contribution in [-0.2, 0) is 6.42 Å². The van der Waals surface area contributed by atoms with E-state index in [1.165, 1.54) is 6.42 Å². The lowest BCUT2D eigenvalue weighted by atomic mass is 9.98. The van der Waals surface area contributed by atoms with Crippen LogP contribution in [0.4, 0.5) is 0 Å². The van der Waals surface area contributed by atoms with Crippen molar-refractivity contribution in [2.45, 2.75) is 58.9 Å². The molecule has 2 aromatic rings. The molecule has 2 aromatic heterocycles. The van der Waals surface area contributed by atoms with Crippen LogP contribution in [0, 0.1) is 6.92 Å². The van der Waals surface area contributed by atoms with Crippen molar-refractivity contribution in [3.05, 3.63) is 23.0 Å². The van der Waals surface area contributed by atoms with Gasteiger partial charge in [0, 0.05) is 18.3 Å². The van der Waals surface area contributed by atoms with Gasteiger partial charge in [-0.25, -0.2) is 4.98 Å². The molecular weight excluding hydrogens is 278 g/mol. The molecule has 1 aliphatic rings. The molecule has 5 nitrogen and oxygen atoms in total. The van der Waals surface area contributed by atoms with Gasteiger partial charge in [0.15, 0.2) is 0 Å². The highest BCUT2D eigenvalue weighted by atomic mass is 16.5. The number of rotatable bonds is 3. The maximum Gasteiger partial charge on any atom is 0.258 e. The third kappa shape index (κ3) is 2.49. The number of pyridine rings is 1. The summed E-state index contributed by atoms with van der Waals surface area (Å²) in [6.45, 7) is 6.89. The van der Waals surface area contributed by atoms with Gasteiger partial charge in [0.05, 0.1) is 16.6 Å². The van der Waals surface area contributed by atoms with Gasteiger partial charge in [-0.05, 0) is 45.1 Å². The summed E-state index contributed by atoms with van der Waals surface area (Å²) in [7, 11) is 0. The fraction of sp³-hybridized carbons (Fsp3) is 0.588. The number of nitrogens with zero attached hydrogens (tertiary/aromatic N) is 3. The van der Waals surface area contributed by atoms with Crippen LogP contribution in [0.25, 0.3) is 11.1 Å². The fourth-order valence-electron chi connectivity index (χ4n) is 3.34. The smallest absolute Gasteiger partial charge is 0.258 e. The van der Waals surface area contributed by atoms with Crippen molar-refractivity contribution >= 4 is 17.0 Å². The van der Waals surface area contributed by atoms with Gasteiger partial charge in [0.1, 0.15) is 0 Å². The molecule has 0 aliphatic carbocycles. The monoisotopic (exact) mass is 301 g/mol. The largest absolute Gasteiger partial charge is 0.336 e. The summed E-state index contributed by atoms with van der Waals surface area (Å²) < 4.78 is 5.29. The van der Waals surface area contributed by atoms with Gasteiger partial charge in [-0.1, -0.05) is 19.0 Å². The lowest BCUT2D eigenvalue weighted by Gasteiger charge is -2.35. The summed E-state index contributed by atoms with van der Waals surface area (Å²) in [4.78, 5) is 19.6. The van der Waals surface area contributed by atoms with Gasteiger partial charge in [-0.2, -0.15) is 0 Å². The van der Waals surface area contributed by atoms with E-state index in [1.54, 1.807) is 0 Å². The number of carbonyl (C=O) groups excluding carboxylic acids is 1. The first-order valence-corrected chi connectivity index (χ1v) is 8.22. The van der Waals surface area contributed by atoms with Gasteiger partial charge in [0.2, 0.25) is 0 Å². The van der Waals surface area contributed by atoms with Gasteiger partial charge in [0.25, 0.3) is 11.6 Å². The first kappa shape index (κ1) is 15.0. The van der Waals surface area contributed by atoms with E-state index in [0.717, 1.165) is 49.0 Å². The Labute approximate surface area is 130 Å². The molecule has 0 unspecified atom stereocenters. The molecule has 1 fully saturated rings. The summed E-state index contributed by atoms with van der Waals surface area (Å²) in [6, 6.07) is 2.26. The highest BCUT2D eigenvalue weighted by Crippen LogP contribution is 2.27. The number of hydrogen-bond donors (Lipinski definition) is 0. The van der Waals surface area contributed by atoms with Gasteiger partial charge in [-0.3, -0.25) is 4.79 Å². The van der Waals surface area contributed by atoms with E-state index in [9.17, 15) is 4.79 Å². The summed E-state index contributed by atoms with van der Waals surface area (Å²) in [5.74, 6) is 0.0972. The molecule has 0 saturated carbocycles. The van der Waals surface area contributed by atoms with Gasteiger partial charge < -0.3 is 9.42 Å². The van der Waals surface area contributed by atoms with E-state index < -0.39 is 0 Å². The van der Waals surface area contributed by atoms with Crippen LogP contribution in [0.1, 0.15) is 61.3 Å². The number of aryl methyl sites for hydroxylation is 2. The molecule has 0 bridgehead atoms. The van der Waals surface area contributed by atoms with E-state index in [-0.39, 0.29) is 5.91 Å². The second-order valence-electron chi connectivity index (χ2n) is 6.02. The maximum atomic E-state index is 13.1. The number of aromatic nitrogens is 2. The molecule has 5 heteroatoms. The minimum atomic E-state index is 0.0972. The number of amides is 1. The molecule has 0 N–H and O–H groups in total. The standard InChI is InChI=1S/C17H23N3O2/c1-4-12-10-14(15-11(3)19-22-16(15)18-12)17(21)20-9-7-6-8-13(20)5-2/h10,13H,4-9H2,1-3H3/t13-/m1/s1. The quantitative estimate of drug-likeness (QED) is 0.870. The average molecular weight is 301 g/mol. The number of carbonyl (C=O) groups is 1. The average Bonchev–Trinajstić information content (AvgIpc) is 2.94. The Balaban J connectivity index is 2.07. The number of hydrogen-bond acceptors (Lipinski definition) is 4. The maximum absolute atomic E-state index is 13.1. The number of piperidine rings is 1. The van der Waals surface area contributed by atoms with Crippen LogP contribution in [-0.4, -0.2) is 33.5 Å². The molecule has 22 heavy (non-hydrogen) atoms. The zero-order valence-electron chi connectivity index (χ0n) is 13.6. The van der Waals surface area contributed by atoms with Crippen molar-refractivity contribution in [3.8, 4) is 0 Å². The Bertz CT molecular complexity index is 693. The topological polar surface area (TPSA) is 59.2 Å². The van der Waals surface area contributed by atoms with Crippen LogP contribution in [0.3, 0.4) is 0 Å². The van der Waals surface area contributed by atoms with E-state index >= 15 is 0 Å². The van der Waals surface area contributed by atoms with Crippen molar-refractivity contribution in [2.75, 3.05) is 6.54 Å². The minimum absolute atomic E-state index is 0.0972. The zero-order valence-corrected chi connectivity index (χ0v) is 13.6. The molecule has 1 atom stereocenters. The zero-order chi connectivity index (χ0) is 15.7. The Morgan fingerprint density at radius 1 is 1.41 bits per heavy atom. The first-order valence-electron chi connectivity index (χ1n) is 8.22. The SMILES string of the molecule is CCc1cc(C(=O)N2CCCC[C@H]2CC)c2c(C)noc2n1. The van der Waals surface area contributed by atoms with Crippen LogP contribution in [0.15, 0.2) is 10.6 Å². The number of likely N-dealkylation sites (tertiary alicyclic amines) is 1. The Morgan fingerprint density at radius 3 is 2.95 bits per heavy atom. The summed E-state index contributed by atoms with van der Waals surface area (Å²) in [5.41, 5.74) is 2.78. The van der Waals surface area contributed by atoms with Crippen molar-refractivity contribution < 1.29 is 9.32 Å². The molecule has 1 saturated heterocycles. The fourth-order valence-corrected chi connectivity index (χ4v) is 3.34. The van der Waals surface area contributed by atoms with Crippen LogP contribution in [0.5, 0.6) is 0 Å². The Morgan fingerprint density at radius 2 is 2.23 bits per heavy atom. The highest BCUT2D eigenvalue weighted by molar-refractivity contribution is 6.06. The highest BCUT2D eigenvalue weighted by Gasteiger charge is 2.29. The van der Waals surface area contributed by atoms with Crippen molar-refractivity contribution in [1.29, 1.82) is 0 Å². The normalized spacial score (nSPS) is 18.9. The van der Waals surface area contributed by atoms with E-state index in [4.69, 9.17) is 4.52 Å². The van der Waals surface area contributed by atoms with Crippen molar-refractivity contribution in [1.82, 2.24) is 15.0 Å². The third-order valence-electron chi connectivity index (χ3n) is 4.62. The van der Waals surface area contributed by atoms with Crippen molar-refractivity contribution in [2.24, 2.45) is 0 Å². The predicted molar refractivity (Wildman–Crippen MR) is 84.9 cm³/mol. The molecule has 0 aromatic carbocycles. The molecule has 1 amide bonds. The molecule has 1 aliphatic heterocycles. The number of fused-ring (bicyclic) bond motifs is 1. The van der Waals surface area contributed by atoms with Gasteiger partial charge >= 0.3 is 0 Å². The lowest BCUT2D eigenvalue weighted by molar-refractivity contribution is 0.0610. The predicted octanol–water partition coefficient (Wildman–Crippen LogP) is 3.50. The molecule has 3 rings (SSSR count). The first-order chi connectivity index (χ1) is 10.7. The van der Waals surface area contributed by atoms with E-state index in [0.29, 0.717) is 17.3 Å². The molecule has 118 valence electrons.